The maximum absolute atomic E-state index is 11.8. The predicted octanol–water partition coefficient (Wildman–Crippen LogP) is -0.992. The van der Waals surface area contributed by atoms with E-state index in [0.29, 0.717) is 6.21 Å². The van der Waals surface area contributed by atoms with Gasteiger partial charge in [0.25, 0.3) is 5.78 Å². The molecule has 92 valence electrons. The highest BCUT2D eigenvalue weighted by atomic mass is 35.5. The molecule has 0 bridgehead atoms. The van der Waals surface area contributed by atoms with E-state index in [1.807, 2.05) is 0 Å². The molecular formula is C8H6ClN7O2. The van der Waals surface area contributed by atoms with E-state index in [-0.39, 0.29) is 23.8 Å². The van der Waals surface area contributed by atoms with Crippen LogP contribution < -0.4 is 5.69 Å². The number of imidazole rings is 1. The highest BCUT2D eigenvalue weighted by Crippen LogP contribution is 2.02. The number of hydrogen-bond donors (Lipinski definition) is 0. The van der Waals surface area contributed by atoms with Crippen molar-refractivity contribution in [3.05, 3.63) is 28.0 Å². The summed E-state index contributed by atoms with van der Waals surface area (Å²) in [5, 5.41) is 7.34. The van der Waals surface area contributed by atoms with Gasteiger partial charge in [-0.25, -0.2) is 14.2 Å². The Hall–Kier alpha value is -2.38. The first kappa shape index (κ1) is 12.1. The summed E-state index contributed by atoms with van der Waals surface area (Å²) >= 11 is 5.50. The summed E-state index contributed by atoms with van der Waals surface area (Å²) in [7, 11) is 0. The maximum atomic E-state index is 11.8. The Bertz CT molecular complexity index is 712. The van der Waals surface area contributed by atoms with Gasteiger partial charge in [0, 0.05) is 5.88 Å². The molecule has 0 saturated carbocycles. The van der Waals surface area contributed by atoms with Gasteiger partial charge in [0.2, 0.25) is 0 Å². The van der Waals surface area contributed by atoms with Crippen LogP contribution in [0.15, 0.2) is 11.1 Å². The monoisotopic (exact) mass is 267 g/mol. The van der Waals surface area contributed by atoms with E-state index in [1.165, 1.54) is 0 Å². The normalized spacial score (nSPS) is 10.3. The van der Waals surface area contributed by atoms with Crippen molar-refractivity contribution in [3.63, 3.8) is 0 Å². The van der Waals surface area contributed by atoms with Gasteiger partial charge in [-0.1, -0.05) is 5.21 Å². The predicted molar refractivity (Wildman–Crippen MR) is 59.8 cm³/mol. The summed E-state index contributed by atoms with van der Waals surface area (Å²) < 4.78 is 2.12. The number of alkyl halides is 1. The molecule has 0 saturated heterocycles. The minimum absolute atomic E-state index is 0.00396. The van der Waals surface area contributed by atoms with Gasteiger partial charge < -0.3 is 5.53 Å². The molecule has 10 heteroatoms. The van der Waals surface area contributed by atoms with E-state index in [2.05, 4.69) is 20.1 Å². The van der Waals surface area contributed by atoms with Crippen molar-refractivity contribution in [3.8, 4) is 0 Å². The SMILES string of the molecule is [N-]=[N+]=CC(=O)c1ncn2c(=O)n(CCCl)nnc12. The van der Waals surface area contributed by atoms with Crippen LogP contribution in [0.2, 0.25) is 0 Å². The van der Waals surface area contributed by atoms with E-state index in [1.54, 1.807) is 0 Å². The van der Waals surface area contributed by atoms with Crippen LogP contribution in [0.3, 0.4) is 0 Å². The summed E-state index contributed by atoms with van der Waals surface area (Å²) in [6, 6.07) is 0. The molecule has 2 heterocycles. The maximum Gasteiger partial charge on any atom is 0.353 e. The molecule has 0 aliphatic rings. The minimum atomic E-state index is -0.677. The van der Waals surface area contributed by atoms with Gasteiger partial charge in [-0.15, -0.1) is 16.7 Å². The number of nitrogens with zero attached hydrogens (tertiary/aromatic N) is 7. The fraction of sp³-hybridized carbons (Fsp3) is 0.250. The molecule has 2 rings (SSSR count). The standard InChI is InChI=1S/C8H6ClN7O2/c9-1-2-16-8(18)15-4-11-6(5(17)3-12-10)7(15)13-14-16/h3-4H,1-2H2. The summed E-state index contributed by atoms with van der Waals surface area (Å²) in [5.41, 5.74) is 7.65. The number of carbonyl (C=O) groups is 1. The molecule has 0 atom stereocenters. The quantitative estimate of drug-likeness (QED) is 0.232. The lowest BCUT2D eigenvalue weighted by Crippen LogP contribution is -2.30. The van der Waals surface area contributed by atoms with Crippen LogP contribution in [0, 0.1) is 0 Å². The largest absolute Gasteiger partial charge is 0.361 e. The lowest BCUT2D eigenvalue weighted by atomic mass is 10.3. The summed E-state index contributed by atoms with van der Waals surface area (Å²) in [6.07, 6.45) is 1.81. The Morgan fingerprint density at radius 3 is 3.06 bits per heavy atom. The summed E-state index contributed by atoms with van der Waals surface area (Å²) in [6.45, 7) is 0.197. The van der Waals surface area contributed by atoms with Crippen molar-refractivity contribution in [2.45, 2.75) is 6.54 Å². The highest BCUT2D eigenvalue weighted by molar-refractivity contribution is 6.34. The third-order valence-electron chi connectivity index (χ3n) is 2.12. The average Bonchev–Trinajstić information content (AvgIpc) is 2.78. The van der Waals surface area contributed by atoms with E-state index in [0.717, 1.165) is 15.4 Å². The number of Topliss-reactive ketones (excluding diaryl/α,β-unsaturated/α-hetero) is 1. The second kappa shape index (κ2) is 4.86. The van der Waals surface area contributed by atoms with Crippen molar-refractivity contribution in [2.24, 2.45) is 0 Å². The molecule has 0 spiro atoms. The molecule has 0 unspecified atom stereocenters. The zero-order valence-electron chi connectivity index (χ0n) is 8.89. The first-order valence-electron chi connectivity index (χ1n) is 4.77. The number of rotatable bonds is 4. The smallest absolute Gasteiger partial charge is 0.353 e. The van der Waals surface area contributed by atoms with Crippen LogP contribution in [0.4, 0.5) is 0 Å². The van der Waals surface area contributed by atoms with Crippen molar-refractivity contribution < 1.29 is 9.58 Å². The molecule has 18 heavy (non-hydrogen) atoms. The zero-order chi connectivity index (χ0) is 13.1. The number of aromatic nitrogens is 5. The highest BCUT2D eigenvalue weighted by Gasteiger charge is 2.18. The Balaban J connectivity index is 2.63. The fourth-order valence-corrected chi connectivity index (χ4v) is 1.50. The van der Waals surface area contributed by atoms with E-state index in [4.69, 9.17) is 17.1 Å². The second-order valence-corrected chi connectivity index (χ2v) is 3.56. The molecule has 0 radical (unpaired) electrons. The van der Waals surface area contributed by atoms with Crippen LogP contribution in [-0.4, -0.2) is 47.0 Å². The number of aryl methyl sites for hydroxylation is 1. The third kappa shape index (κ3) is 1.92. The Morgan fingerprint density at radius 1 is 1.61 bits per heavy atom. The average molecular weight is 268 g/mol. The third-order valence-corrected chi connectivity index (χ3v) is 2.29. The molecule has 0 N–H and O–H groups in total. The van der Waals surface area contributed by atoms with Crippen molar-refractivity contribution in [1.29, 1.82) is 0 Å². The lowest BCUT2D eigenvalue weighted by molar-refractivity contribution is 0.00231. The van der Waals surface area contributed by atoms with Crippen LogP contribution in [-0.2, 0) is 6.54 Å². The second-order valence-electron chi connectivity index (χ2n) is 3.18. The number of carbonyl (C=O) groups excluding carboxylic acids is 1. The molecule has 0 amide bonds. The Morgan fingerprint density at radius 2 is 2.39 bits per heavy atom. The first-order valence-corrected chi connectivity index (χ1v) is 5.31. The van der Waals surface area contributed by atoms with Gasteiger partial charge in [-0.2, -0.15) is 9.47 Å². The molecule has 2 aromatic heterocycles. The molecule has 0 aliphatic heterocycles. The van der Waals surface area contributed by atoms with E-state index >= 15 is 0 Å². The Labute approximate surface area is 104 Å². The van der Waals surface area contributed by atoms with Crippen molar-refractivity contribution in [2.75, 3.05) is 5.88 Å². The molecular weight excluding hydrogens is 262 g/mol. The van der Waals surface area contributed by atoms with Crippen molar-refractivity contribution in [1.82, 2.24) is 24.4 Å². The van der Waals surface area contributed by atoms with Crippen LogP contribution in [0.25, 0.3) is 11.2 Å². The zero-order valence-corrected chi connectivity index (χ0v) is 9.65. The fourth-order valence-electron chi connectivity index (χ4n) is 1.34. The molecule has 0 fully saturated rings. The molecule has 0 aliphatic carbocycles. The number of ketones is 1. The van der Waals surface area contributed by atoms with E-state index < -0.39 is 11.5 Å². The number of halogens is 1. The molecule has 2 aromatic rings. The Kier molecular flexibility index (Phi) is 3.26. The number of fused-ring (bicyclic) bond motifs is 1. The van der Waals surface area contributed by atoms with Gasteiger partial charge in [0.15, 0.2) is 11.3 Å². The molecule has 9 nitrogen and oxygen atoms in total. The van der Waals surface area contributed by atoms with Gasteiger partial charge in [-0.05, 0) is 0 Å². The van der Waals surface area contributed by atoms with Crippen LogP contribution in [0.1, 0.15) is 10.5 Å². The molecule has 0 aromatic carbocycles. The van der Waals surface area contributed by atoms with Gasteiger partial charge in [0.1, 0.15) is 6.33 Å². The van der Waals surface area contributed by atoms with Gasteiger partial charge in [0.05, 0.1) is 6.54 Å². The van der Waals surface area contributed by atoms with Crippen molar-refractivity contribution >= 4 is 29.2 Å². The van der Waals surface area contributed by atoms with Crippen LogP contribution >= 0.6 is 11.6 Å². The van der Waals surface area contributed by atoms with Crippen LogP contribution in [0.5, 0.6) is 0 Å². The summed E-state index contributed by atoms with van der Waals surface area (Å²) in [4.78, 5) is 29.6. The number of hydrogen-bond acceptors (Lipinski definition) is 5. The topological polar surface area (TPSA) is 119 Å². The van der Waals surface area contributed by atoms with Gasteiger partial charge >= 0.3 is 11.9 Å². The minimum Gasteiger partial charge on any atom is -0.361 e. The summed E-state index contributed by atoms with van der Waals surface area (Å²) in [5.74, 6) is -0.471. The van der Waals surface area contributed by atoms with Gasteiger partial charge in [-0.3, -0.25) is 4.79 Å². The van der Waals surface area contributed by atoms with E-state index in [9.17, 15) is 9.59 Å². The lowest BCUT2D eigenvalue weighted by Gasteiger charge is -1.99. The first-order chi connectivity index (χ1) is 8.69.